The maximum Gasteiger partial charge on any atom is 0.0311 e. The summed E-state index contributed by atoms with van der Waals surface area (Å²) in [4.78, 5) is 0. The zero-order valence-corrected chi connectivity index (χ0v) is 10.3. The predicted molar refractivity (Wildman–Crippen MR) is 64.8 cm³/mol. The highest BCUT2D eigenvalue weighted by Crippen LogP contribution is 2.43. The van der Waals surface area contributed by atoms with Crippen molar-refractivity contribution in [2.75, 3.05) is 6.54 Å². The molecular formula is C13H26N2. The minimum Gasteiger partial charge on any atom is -0.329 e. The van der Waals surface area contributed by atoms with Gasteiger partial charge in [-0.3, -0.25) is 0 Å². The van der Waals surface area contributed by atoms with E-state index in [1.54, 1.807) is 0 Å². The Morgan fingerprint density at radius 2 is 1.87 bits per heavy atom. The first kappa shape index (κ1) is 11.4. The molecule has 2 fully saturated rings. The molecule has 15 heavy (non-hydrogen) atoms. The van der Waals surface area contributed by atoms with Crippen molar-refractivity contribution in [3.8, 4) is 0 Å². The van der Waals surface area contributed by atoms with Gasteiger partial charge in [-0.2, -0.15) is 0 Å². The number of nitrogens with one attached hydrogen (secondary N) is 1. The number of hydrogen-bond donors (Lipinski definition) is 2. The Bertz CT molecular complexity index is 219. The first-order chi connectivity index (χ1) is 7.05. The molecule has 0 bridgehead atoms. The van der Waals surface area contributed by atoms with Crippen molar-refractivity contribution in [2.24, 2.45) is 11.1 Å². The van der Waals surface area contributed by atoms with Crippen LogP contribution in [0.25, 0.3) is 0 Å². The second kappa shape index (κ2) is 4.06. The van der Waals surface area contributed by atoms with Crippen LogP contribution >= 0.6 is 0 Å². The van der Waals surface area contributed by atoms with Crippen molar-refractivity contribution < 1.29 is 0 Å². The van der Waals surface area contributed by atoms with E-state index in [-0.39, 0.29) is 5.54 Å². The third kappa shape index (κ3) is 2.54. The lowest BCUT2D eigenvalue weighted by atomic mass is 9.87. The molecule has 88 valence electrons. The molecule has 0 radical (unpaired) electrons. The molecule has 0 amide bonds. The van der Waals surface area contributed by atoms with Gasteiger partial charge < -0.3 is 11.1 Å². The molecule has 2 rings (SSSR count). The van der Waals surface area contributed by atoms with Gasteiger partial charge in [-0.15, -0.1) is 0 Å². The predicted octanol–water partition coefficient (Wildman–Crippen LogP) is 2.43. The minimum absolute atomic E-state index is 0.262. The molecule has 2 heteroatoms. The average Bonchev–Trinajstić information content (AvgIpc) is 2.75. The van der Waals surface area contributed by atoms with Crippen molar-refractivity contribution in [3.05, 3.63) is 0 Å². The summed E-state index contributed by atoms with van der Waals surface area (Å²) in [6.45, 7) is 5.56. The molecule has 0 heterocycles. The van der Waals surface area contributed by atoms with Gasteiger partial charge in [-0.05, 0) is 37.5 Å². The molecule has 0 aromatic rings. The zero-order valence-electron chi connectivity index (χ0n) is 10.3. The van der Waals surface area contributed by atoms with E-state index in [1.165, 1.54) is 44.9 Å². The van der Waals surface area contributed by atoms with Gasteiger partial charge >= 0.3 is 0 Å². The molecule has 2 aliphatic carbocycles. The molecule has 2 aliphatic rings. The van der Waals surface area contributed by atoms with Crippen LogP contribution in [-0.2, 0) is 0 Å². The van der Waals surface area contributed by atoms with Crippen LogP contribution in [0.3, 0.4) is 0 Å². The summed E-state index contributed by atoms with van der Waals surface area (Å²) in [6.07, 6.45) is 9.39. The van der Waals surface area contributed by atoms with Crippen molar-refractivity contribution >= 4 is 0 Å². The van der Waals surface area contributed by atoms with E-state index in [0.29, 0.717) is 5.41 Å². The molecule has 0 aromatic heterocycles. The maximum absolute atomic E-state index is 6.01. The molecular weight excluding hydrogens is 184 g/mol. The fourth-order valence-electron chi connectivity index (χ4n) is 3.53. The fourth-order valence-corrected chi connectivity index (χ4v) is 3.53. The summed E-state index contributed by atoms with van der Waals surface area (Å²) in [5.41, 5.74) is 6.76. The Hall–Kier alpha value is -0.0800. The molecule has 2 nitrogen and oxygen atoms in total. The van der Waals surface area contributed by atoms with Crippen LogP contribution in [0.2, 0.25) is 0 Å². The average molecular weight is 210 g/mol. The first-order valence-electron chi connectivity index (χ1n) is 6.53. The standard InChI is InChI=1S/C13H26N2/c1-12(2)7-8-13(9-12,10-14)15-11-5-3-4-6-11/h11,15H,3-10,14H2,1-2H3. The van der Waals surface area contributed by atoms with Gasteiger partial charge in [-0.25, -0.2) is 0 Å². The van der Waals surface area contributed by atoms with Crippen LogP contribution in [0.15, 0.2) is 0 Å². The Morgan fingerprint density at radius 1 is 1.20 bits per heavy atom. The second-order valence-corrected chi connectivity index (χ2v) is 6.45. The minimum atomic E-state index is 0.262. The van der Waals surface area contributed by atoms with Gasteiger partial charge in [0.25, 0.3) is 0 Å². The van der Waals surface area contributed by atoms with Crippen LogP contribution in [0.1, 0.15) is 58.8 Å². The van der Waals surface area contributed by atoms with Gasteiger partial charge in [0.05, 0.1) is 0 Å². The number of hydrogen-bond acceptors (Lipinski definition) is 2. The lowest BCUT2D eigenvalue weighted by molar-refractivity contribution is 0.263. The lowest BCUT2D eigenvalue weighted by Crippen LogP contribution is -2.53. The van der Waals surface area contributed by atoms with E-state index in [0.717, 1.165) is 12.6 Å². The quantitative estimate of drug-likeness (QED) is 0.751. The molecule has 1 unspecified atom stereocenters. The molecule has 0 saturated heterocycles. The topological polar surface area (TPSA) is 38.0 Å². The molecule has 2 saturated carbocycles. The summed E-state index contributed by atoms with van der Waals surface area (Å²) in [6, 6.07) is 0.752. The largest absolute Gasteiger partial charge is 0.329 e. The Balaban J connectivity index is 1.96. The summed E-state index contributed by atoms with van der Waals surface area (Å²) >= 11 is 0. The van der Waals surface area contributed by atoms with Gasteiger partial charge in [0, 0.05) is 18.1 Å². The van der Waals surface area contributed by atoms with Gasteiger partial charge in [0.15, 0.2) is 0 Å². The lowest BCUT2D eigenvalue weighted by Gasteiger charge is -2.34. The highest BCUT2D eigenvalue weighted by atomic mass is 15.0. The van der Waals surface area contributed by atoms with Gasteiger partial charge in [0.2, 0.25) is 0 Å². The highest BCUT2D eigenvalue weighted by Gasteiger charge is 2.43. The number of nitrogens with two attached hydrogens (primary N) is 1. The molecule has 0 spiro atoms. The highest BCUT2D eigenvalue weighted by molar-refractivity contribution is 5.02. The smallest absolute Gasteiger partial charge is 0.0311 e. The van der Waals surface area contributed by atoms with Crippen molar-refractivity contribution in [2.45, 2.75) is 70.4 Å². The van der Waals surface area contributed by atoms with E-state index < -0.39 is 0 Å². The molecule has 3 N–H and O–H groups in total. The van der Waals surface area contributed by atoms with Crippen LogP contribution < -0.4 is 11.1 Å². The van der Waals surface area contributed by atoms with Gasteiger partial charge in [0.1, 0.15) is 0 Å². The van der Waals surface area contributed by atoms with E-state index in [4.69, 9.17) is 5.73 Å². The number of rotatable bonds is 3. The van der Waals surface area contributed by atoms with Gasteiger partial charge in [-0.1, -0.05) is 26.7 Å². The Morgan fingerprint density at radius 3 is 2.33 bits per heavy atom. The van der Waals surface area contributed by atoms with E-state index in [9.17, 15) is 0 Å². The van der Waals surface area contributed by atoms with Crippen molar-refractivity contribution in [3.63, 3.8) is 0 Å². The summed E-state index contributed by atoms with van der Waals surface area (Å²) < 4.78 is 0. The monoisotopic (exact) mass is 210 g/mol. The maximum atomic E-state index is 6.01. The molecule has 1 atom stereocenters. The fraction of sp³-hybridized carbons (Fsp3) is 1.00. The van der Waals surface area contributed by atoms with Crippen molar-refractivity contribution in [1.82, 2.24) is 5.32 Å². The SMILES string of the molecule is CC1(C)CCC(CN)(NC2CCCC2)C1. The van der Waals surface area contributed by atoms with Crippen LogP contribution in [0.4, 0.5) is 0 Å². The van der Waals surface area contributed by atoms with E-state index in [2.05, 4.69) is 19.2 Å². The van der Waals surface area contributed by atoms with Crippen LogP contribution in [-0.4, -0.2) is 18.1 Å². The normalized spacial score (nSPS) is 36.2. The Kier molecular flexibility index (Phi) is 3.09. The third-order valence-corrected chi connectivity index (χ3v) is 4.35. The second-order valence-electron chi connectivity index (χ2n) is 6.45. The van der Waals surface area contributed by atoms with Crippen LogP contribution in [0.5, 0.6) is 0 Å². The molecule has 0 aromatic carbocycles. The van der Waals surface area contributed by atoms with E-state index in [1.807, 2.05) is 0 Å². The Labute approximate surface area is 94.0 Å². The summed E-state index contributed by atoms with van der Waals surface area (Å²) in [7, 11) is 0. The zero-order chi connectivity index (χ0) is 10.9. The first-order valence-corrected chi connectivity index (χ1v) is 6.53. The van der Waals surface area contributed by atoms with Crippen LogP contribution in [0, 0.1) is 5.41 Å². The van der Waals surface area contributed by atoms with Crippen molar-refractivity contribution in [1.29, 1.82) is 0 Å². The summed E-state index contributed by atoms with van der Waals surface area (Å²) in [5.74, 6) is 0. The third-order valence-electron chi connectivity index (χ3n) is 4.35. The van der Waals surface area contributed by atoms with E-state index >= 15 is 0 Å². The molecule has 0 aliphatic heterocycles. The summed E-state index contributed by atoms with van der Waals surface area (Å²) in [5, 5.41) is 3.87.